The van der Waals surface area contributed by atoms with Crippen LogP contribution < -0.4 is 5.32 Å². The highest BCUT2D eigenvalue weighted by molar-refractivity contribution is 7.13. The highest BCUT2D eigenvalue weighted by Crippen LogP contribution is 2.35. The summed E-state index contributed by atoms with van der Waals surface area (Å²) in [6, 6.07) is 12.6. The monoisotopic (exact) mass is 398 g/mol. The number of nitrogens with one attached hydrogen (secondary N) is 1. The molecule has 0 aliphatic heterocycles. The average Bonchev–Trinajstić information content (AvgIpc) is 3.03. The first-order valence-electron chi connectivity index (χ1n) is 8.60. The van der Waals surface area contributed by atoms with Crippen molar-refractivity contribution in [2.45, 2.75) is 6.92 Å². The van der Waals surface area contributed by atoms with Crippen molar-refractivity contribution in [3.63, 3.8) is 0 Å². The van der Waals surface area contributed by atoms with E-state index in [4.69, 9.17) is 0 Å². The quantitative estimate of drug-likeness (QED) is 0.590. The number of thiophene rings is 1. The molecule has 0 saturated heterocycles. The Bertz CT molecular complexity index is 1020. The third kappa shape index (κ3) is 3.97. The second-order valence-electron chi connectivity index (χ2n) is 6.55. The molecule has 144 valence electrons. The largest absolute Gasteiger partial charge is 0.377 e. The fraction of sp³-hybridized carbons (Fsp3) is 0.136. The molecule has 1 amide bonds. The van der Waals surface area contributed by atoms with Crippen molar-refractivity contribution >= 4 is 28.6 Å². The van der Waals surface area contributed by atoms with Crippen molar-refractivity contribution in [1.29, 1.82) is 0 Å². The lowest BCUT2D eigenvalue weighted by atomic mass is 10.1. The van der Waals surface area contributed by atoms with Crippen LogP contribution in [0.2, 0.25) is 0 Å². The fourth-order valence-electron chi connectivity index (χ4n) is 2.77. The van der Waals surface area contributed by atoms with E-state index < -0.39 is 23.1 Å². The highest BCUT2D eigenvalue weighted by atomic mass is 32.1. The van der Waals surface area contributed by atoms with E-state index in [0.29, 0.717) is 5.69 Å². The van der Waals surface area contributed by atoms with Crippen LogP contribution in [0.25, 0.3) is 16.8 Å². The summed E-state index contributed by atoms with van der Waals surface area (Å²) >= 11 is 1.67. The predicted molar refractivity (Wildman–Crippen MR) is 112 cm³/mol. The summed E-state index contributed by atoms with van der Waals surface area (Å²) in [5.74, 6) is -2.60. The summed E-state index contributed by atoms with van der Waals surface area (Å²) in [5, 5.41) is 2.53. The van der Waals surface area contributed by atoms with Gasteiger partial charge in [0.2, 0.25) is 0 Å². The maximum absolute atomic E-state index is 13.7. The number of carbonyl (C=O) groups excluding carboxylic acids is 1. The van der Waals surface area contributed by atoms with Gasteiger partial charge >= 0.3 is 0 Å². The number of anilines is 1. The summed E-state index contributed by atoms with van der Waals surface area (Å²) in [5.41, 5.74) is 2.88. The zero-order valence-corrected chi connectivity index (χ0v) is 16.7. The highest BCUT2D eigenvalue weighted by Gasteiger charge is 2.17. The van der Waals surface area contributed by atoms with Crippen LogP contribution in [0.4, 0.5) is 14.5 Å². The second-order valence-corrected chi connectivity index (χ2v) is 7.81. The standard InChI is InChI=1S/C22H20F2N2OS/c1-13(26(3)4)20-12-17(14(2)28-20)15-8-10-16(11-9-15)25-22(27)21-18(23)6-5-7-19(21)24/h5-12H,1H2,2-4H3,(H,25,27). The average molecular weight is 398 g/mol. The van der Waals surface area contributed by atoms with Gasteiger partial charge in [-0.25, -0.2) is 8.78 Å². The van der Waals surface area contributed by atoms with Crippen LogP contribution in [-0.2, 0) is 0 Å². The van der Waals surface area contributed by atoms with E-state index in [1.807, 2.05) is 38.1 Å². The Hall–Kier alpha value is -2.99. The van der Waals surface area contributed by atoms with Crippen LogP contribution in [0.5, 0.6) is 0 Å². The summed E-state index contributed by atoms with van der Waals surface area (Å²) < 4.78 is 27.5. The molecule has 0 radical (unpaired) electrons. The van der Waals surface area contributed by atoms with Crippen LogP contribution in [0.3, 0.4) is 0 Å². The van der Waals surface area contributed by atoms with E-state index >= 15 is 0 Å². The van der Waals surface area contributed by atoms with Crippen LogP contribution >= 0.6 is 11.3 Å². The fourth-order valence-corrected chi connectivity index (χ4v) is 3.87. The van der Waals surface area contributed by atoms with Gasteiger partial charge in [-0.1, -0.05) is 24.8 Å². The molecule has 1 heterocycles. The van der Waals surface area contributed by atoms with Crippen LogP contribution in [0.15, 0.2) is 55.1 Å². The molecule has 0 spiro atoms. The normalized spacial score (nSPS) is 10.6. The molecule has 3 aromatic rings. The Morgan fingerprint density at radius 1 is 1.07 bits per heavy atom. The number of amides is 1. The van der Waals surface area contributed by atoms with Gasteiger partial charge < -0.3 is 10.2 Å². The van der Waals surface area contributed by atoms with E-state index in [0.717, 1.165) is 38.7 Å². The van der Waals surface area contributed by atoms with Crippen LogP contribution in [-0.4, -0.2) is 24.9 Å². The van der Waals surface area contributed by atoms with Crippen molar-refractivity contribution in [1.82, 2.24) is 4.90 Å². The third-order valence-corrected chi connectivity index (χ3v) is 5.49. The molecular weight excluding hydrogens is 378 g/mol. The number of carbonyl (C=O) groups is 1. The maximum Gasteiger partial charge on any atom is 0.261 e. The molecule has 28 heavy (non-hydrogen) atoms. The van der Waals surface area contributed by atoms with Gasteiger partial charge in [-0.15, -0.1) is 11.3 Å². The molecule has 0 saturated carbocycles. The molecule has 0 atom stereocenters. The van der Waals surface area contributed by atoms with Crippen LogP contribution in [0, 0.1) is 18.6 Å². The third-order valence-electron chi connectivity index (χ3n) is 4.39. The van der Waals surface area contributed by atoms with Crippen LogP contribution in [0.1, 0.15) is 20.1 Å². The Morgan fingerprint density at radius 2 is 1.68 bits per heavy atom. The van der Waals surface area contributed by atoms with Crippen molar-refractivity contribution in [3.8, 4) is 11.1 Å². The van der Waals surface area contributed by atoms with Crippen molar-refractivity contribution in [2.24, 2.45) is 0 Å². The molecule has 2 aromatic carbocycles. The minimum atomic E-state index is -0.892. The Labute approximate surface area is 166 Å². The SMILES string of the molecule is C=C(c1cc(-c2ccc(NC(=O)c3c(F)cccc3F)cc2)c(C)s1)N(C)C. The summed E-state index contributed by atoms with van der Waals surface area (Å²) in [6.45, 7) is 6.13. The molecule has 1 aromatic heterocycles. The van der Waals surface area contributed by atoms with Gasteiger partial charge in [0.15, 0.2) is 0 Å². The first kappa shape index (κ1) is 19.8. The zero-order chi connectivity index (χ0) is 20.4. The van der Waals surface area contributed by atoms with Gasteiger partial charge in [0.05, 0.1) is 4.88 Å². The van der Waals surface area contributed by atoms with E-state index in [9.17, 15) is 13.6 Å². The molecular formula is C22H20F2N2OS. The number of benzene rings is 2. The molecule has 0 unspecified atom stereocenters. The molecule has 6 heteroatoms. The lowest BCUT2D eigenvalue weighted by molar-refractivity contribution is 0.101. The molecule has 0 fully saturated rings. The topological polar surface area (TPSA) is 32.3 Å². The van der Waals surface area contributed by atoms with Crippen molar-refractivity contribution in [3.05, 3.63) is 82.1 Å². The molecule has 1 N–H and O–H groups in total. The number of halogens is 2. The Kier molecular flexibility index (Phi) is 5.61. The first-order valence-corrected chi connectivity index (χ1v) is 9.42. The first-order chi connectivity index (χ1) is 13.3. The van der Waals surface area contributed by atoms with E-state index in [2.05, 4.69) is 18.0 Å². The number of nitrogens with zero attached hydrogens (tertiary/aromatic N) is 1. The Balaban J connectivity index is 1.81. The number of hydrogen-bond donors (Lipinski definition) is 1. The number of aryl methyl sites for hydroxylation is 1. The smallest absolute Gasteiger partial charge is 0.261 e. The second kappa shape index (κ2) is 7.94. The summed E-state index contributed by atoms with van der Waals surface area (Å²) in [6.07, 6.45) is 0. The van der Waals surface area contributed by atoms with E-state index in [-0.39, 0.29) is 0 Å². The molecule has 3 nitrogen and oxygen atoms in total. The van der Waals surface area contributed by atoms with Gasteiger partial charge in [-0.3, -0.25) is 4.79 Å². The van der Waals surface area contributed by atoms with Gasteiger partial charge in [0.1, 0.15) is 17.2 Å². The number of rotatable bonds is 5. The van der Waals surface area contributed by atoms with Gasteiger partial charge in [0.25, 0.3) is 5.91 Å². The lowest BCUT2D eigenvalue weighted by Crippen LogP contribution is -2.15. The molecule has 0 aliphatic carbocycles. The van der Waals surface area contributed by atoms with Crippen molar-refractivity contribution in [2.75, 3.05) is 19.4 Å². The lowest BCUT2D eigenvalue weighted by Gasteiger charge is -2.13. The molecule has 3 rings (SSSR count). The van der Waals surface area contributed by atoms with Gasteiger partial charge in [-0.05, 0) is 48.4 Å². The minimum Gasteiger partial charge on any atom is -0.377 e. The summed E-state index contributed by atoms with van der Waals surface area (Å²) in [4.78, 5) is 16.4. The van der Waals surface area contributed by atoms with Gasteiger partial charge in [-0.2, -0.15) is 0 Å². The Morgan fingerprint density at radius 3 is 2.25 bits per heavy atom. The maximum atomic E-state index is 13.7. The summed E-state index contributed by atoms with van der Waals surface area (Å²) in [7, 11) is 3.90. The number of hydrogen-bond acceptors (Lipinski definition) is 3. The van der Waals surface area contributed by atoms with Gasteiger partial charge in [0, 0.05) is 30.4 Å². The molecule has 0 bridgehead atoms. The molecule has 0 aliphatic rings. The minimum absolute atomic E-state index is 0.460. The van der Waals surface area contributed by atoms with E-state index in [1.54, 1.807) is 23.5 Å². The zero-order valence-electron chi connectivity index (χ0n) is 15.8. The predicted octanol–water partition coefficient (Wildman–Crippen LogP) is 5.79. The van der Waals surface area contributed by atoms with Crippen molar-refractivity contribution < 1.29 is 13.6 Å². The van der Waals surface area contributed by atoms with E-state index in [1.165, 1.54) is 6.07 Å².